The molecule has 7 heteroatoms. The maximum Gasteiger partial charge on any atom is 0.256 e. The minimum Gasteiger partial charge on any atom is -0.493 e. The van der Waals surface area contributed by atoms with E-state index in [0.717, 1.165) is 16.2 Å². The zero-order valence-corrected chi connectivity index (χ0v) is 19.0. The molecule has 0 bridgehead atoms. The lowest BCUT2D eigenvalue weighted by molar-refractivity contribution is 0.102. The third-order valence-corrected chi connectivity index (χ3v) is 5.65. The van der Waals surface area contributed by atoms with Crippen molar-refractivity contribution in [1.29, 1.82) is 0 Å². The number of carbonyl (C=O) groups is 1. The molecule has 1 heterocycles. The molecule has 0 saturated carbocycles. The number of pyridine rings is 1. The van der Waals surface area contributed by atoms with Gasteiger partial charge in [-0.2, -0.15) is 0 Å². The smallest absolute Gasteiger partial charge is 0.256 e. The molecule has 0 atom stereocenters. The number of carbonyl (C=O) groups excluding carboxylic acids is 1. The van der Waals surface area contributed by atoms with E-state index in [4.69, 9.17) is 14.2 Å². The molecule has 6 nitrogen and oxygen atoms in total. The van der Waals surface area contributed by atoms with Gasteiger partial charge in [0.15, 0.2) is 11.5 Å². The van der Waals surface area contributed by atoms with Crippen molar-refractivity contribution in [3.05, 3.63) is 96.4 Å². The van der Waals surface area contributed by atoms with Crippen LogP contribution in [0.3, 0.4) is 0 Å². The van der Waals surface area contributed by atoms with Crippen LogP contribution in [0.2, 0.25) is 0 Å². The van der Waals surface area contributed by atoms with Gasteiger partial charge in [0.05, 0.1) is 25.4 Å². The first-order chi connectivity index (χ1) is 17.1. The highest BCUT2D eigenvalue weighted by atomic mass is 19.1. The van der Waals surface area contributed by atoms with Crippen LogP contribution in [0.15, 0.2) is 85.1 Å². The van der Waals surface area contributed by atoms with Gasteiger partial charge < -0.3 is 19.5 Å². The SMILES string of the molecule is COc1cc2nccc(Oc3ccc4c(C(=O)Nc5ccccc5F)cccc4c3)c2cc1OC. The van der Waals surface area contributed by atoms with E-state index < -0.39 is 11.7 Å². The number of fused-ring (bicyclic) bond motifs is 2. The second kappa shape index (κ2) is 9.30. The Balaban J connectivity index is 1.48. The van der Waals surface area contributed by atoms with E-state index in [1.54, 1.807) is 62.9 Å². The van der Waals surface area contributed by atoms with Crippen LogP contribution < -0.4 is 19.5 Å². The van der Waals surface area contributed by atoms with Crippen molar-refractivity contribution >= 4 is 33.3 Å². The molecule has 0 spiro atoms. The summed E-state index contributed by atoms with van der Waals surface area (Å²) in [5.74, 6) is 1.46. The zero-order chi connectivity index (χ0) is 24.4. The highest BCUT2D eigenvalue weighted by Gasteiger charge is 2.14. The van der Waals surface area contributed by atoms with E-state index in [1.807, 2.05) is 24.3 Å². The molecule has 1 N–H and O–H groups in total. The summed E-state index contributed by atoms with van der Waals surface area (Å²) in [5.41, 5.74) is 1.27. The maximum atomic E-state index is 14.0. The molecule has 4 aromatic carbocycles. The molecule has 5 aromatic rings. The lowest BCUT2D eigenvalue weighted by Crippen LogP contribution is -2.13. The first kappa shape index (κ1) is 22.2. The third kappa shape index (κ3) is 4.31. The number of halogens is 1. The molecule has 35 heavy (non-hydrogen) atoms. The molecular formula is C28H21FN2O4. The van der Waals surface area contributed by atoms with Crippen molar-refractivity contribution in [2.45, 2.75) is 0 Å². The summed E-state index contributed by atoms with van der Waals surface area (Å²) in [6.07, 6.45) is 1.66. The lowest BCUT2D eigenvalue weighted by atomic mass is 10.0. The minimum absolute atomic E-state index is 0.131. The van der Waals surface area contributed by atoms with Crippen LogP contribution in [0.5, 0.6) is 23.0 Å². The number of amides is 1. The number of methoxy groups -OCH3 is 2. The van der Waals surface area contributed by atoms with Crippen molar-refractivity contribution < 1.29 is 23.4 Å². The molecule has 0 unspecified atom stereocenters. The summed E-state index contributed by atoms with van der Waals surface area (Å²) >= 11 is 0. The number of nitrogens with one attached hydrogen (secondary N) is 1. The fourth-order valence-corrected chi connectivity index (χ4v) is 3.94. The van der Waals surface area contributed by atoms with Gasteiger partial charge in [-0.3, -0.25) is 9.78 Å². The maximum absolute atomic E-state index is 14.0. The van der Waals surface area contributed by atoms with Gasteiger partial charge in [-0.15, -0.1) is 0 Å². The van der Waals surface area contributed by atoms with Crippen LogP contribution in [-0.4, -0.2) is 25.1 Å². The van der Waals surface area contributed by atoms with Crippen molar-refractivity contribution in [1.82, 2.24) is 4.98 Å². The average molecular weight is 468 g/mol. The first-order valence-corrected chi connectivity index (χ1v) is 10.8. The predicted molar refractivity (Wildman–Crippen MR) is 133 cm³/mol. The Morgan fingerprint density at radius 1 is 0.829 bits per heavy atom. The van der Waals surface area contributed by atoms with Crippen LogP contribution in [0.25, 0.3) is 21.7 Å². The number of nitrogens with zero attached hydrogens (tertiary/aromatic N) is 1. The molecule has 0 aliphatic rings. The molecule has 0 aliphatic carbocycles. The summed E-state index contributed by atoms with van der Waals surface area (Å²) in [6.45, 7) is 0. The van der Waals surface area contributed by atoms with Crippen molar-refractivity contribution in [2.75, 3.05) is 19.5 Å². The van der Waals surface area contributed by atoms with Gasteiger partial charge in [0.25, 0.3) is 5.91 Å². The Labute approximate surface area is 200 Å². The Morgan fingerprint density at radius 2 is 1.63 bits per heavy atom. The number of hydrogen-bond donors (Lipinski definition) is 1. The monoisotopic (exact) mass is 468 g/mol. The summed E-state index contributed by atoms with van der Waals surface area (Å²) in [4.78, 5) is 17.3. The van der Waals surface area contributed by atoms with Crippen molar-refractivity contribution in [2.24, 2.45) is 0 Å². The first-order valence-electron chi connectivity index (χ1n) is 10.8. The summed E-state index contributed by atoms with van der Waals surface area (Å²) < 4.78 is 31.0. The number of ether oxygens (including phenoxy) is 3. The molecule has 0 fully saturated rings. The third-order valence-electron chi connectivity index (χ3n) is 5.65. The van der Waals surface area contributed by atoms with Gasteiger partial charge >= 0.3 is 0 Å². The second-order valence-electron chi connectivity index (χ2n) is 7.76. The zero-order valence-electron chi connectivity index (χ0n) is 19.0. The topological polar surface area (TPSA) is 69.7 Å². The Morgan fingerprint density at radius 3 is 2.43 bits per heavy atom. The number of aromatic nitrogens is 1. The molecular weight excluding hydrogens is 447 g/mol. The number of rotatable bonds is 6. The van der Waals surface area contributed by atoms with Crippen LogP contribution in [0, 0.1) is 5.82 Å². The number of benzene rings is 4. The van der Waals surface area contributed by atoms with E-state index >= 15 is 0 Å². The number of hydrogen-bond acceptors (Lipinski definition) is 5. The fraction of sp³-hybridized carbons (Fsp3) is 0.0714. The second-order valence-corrected chi connectivity index (χ2v) is 7.76. The summed E-state index contributed by atoms with van der Waals surface area (Å²) in [7, 11) is 3.15. The molecule has 174 valence electrons. The molecule has 0 saturated heterocycles. The standard InChI is InChI=1S/C28H21FN2O4/c1-33-26-15-21-24(16-27(26)34-2)30-13-12-25(21)35-18-10-11-19-17(14-18)6-5-7-20(19)28(32)31-23-9-4-3-8-22(23)29/h3-16H,1-2H3,(H,31,32). The molecule has 0 aliphatic heterocycles. The number of para-hydroxylation sites is 1. The molecule has 5 rings (SSSR count). The fourth-order valence-electron chi connectivity index (χ4n) is 3.94. The van der Waals surface area contributed by atoms with E-state index in [9.17, 15) is 9.18 Å². The Bertz CT molecular complexity index is 1570. The van der Waals surface area contributed by atoms with E-state index in [0.29, 0.717) is 34.1 Å². The van der Waals surface area contributed by atoms with Crippen LogP contribution in [0.1, 0.15) is 10.4 Å². The molecule has 1 aromatic heterocycles. The summed E-state index contributed by atoms with van der Waals surface area (Å²) in [5, 5.41) is 4.93. The highest BCUT2D eigenvalue weighted by Crippen LogP contribution is 2.37. The van der Waals surface area contributed by atoms with E-state index in [1.165, 1.54) is 12.1 Å². The van der Waals surface area contributed by atoms with Crippen LogP contribution >= 0.6 is 0 Å². The normalized spacial score (nSPS) is 10.8. The highest BCUT2D eigenvalue weighted by molar-refractivity contribution is 6.13. The van der Waals surface area contributed by atoms with Crippen LogP contribution in [0.4, 0.5) is 10.1 Å². The lowest BCUT2D eigenvalue weighted by Gasteiger charge is -2.13. The Hall–Kier alpha value is -4.65. The Kier molecular flexibility index (Phi) is 5.89. The van der Waals surface area contributed by atoms with Gasteiger partial charge in [0, 0.05) is 23.2 Å². The van der Waals surface area contributed by atoms with Crippen molar-refractivity contribution in [3.63, 3.8) is 0 Å². The largest absolute Gasteiger partial charge is 0.493 e. The van der Waals surface area contributed by atoms with E-state index in [-0.39, 0.29) is 5.69 Å². The molecule has 1 amide bonds. The summed E-state index contributed by atoms with van der Waals surface area (Å²) in [6, 6.07) is 22.3. The van der Waals surface area contributed by atoms with Gasteiger partial charge in [0.1, 0.15) is 17.3 Å². The minimum atomic E-state index is -0.490. The van der Waals surface area contributed by atoms with E-state index in [2.05, 4.69) is 10.3 Å². The van der Waals surface area contributed by atoms with Gasteiger partial charge in [0.2, 0.25) is 0 Å². The van der Waals surface area contributed by atoms with Gasteiger partial charge in [-0.25, -0.2) is 4.39 Å². The van der Waals surface area contributed by atoms with Gasteiger partial charge in [-0.05, 0) is 59.3 Å². The van der Waals surface area contributed by atoms with Gasteiger partial charge in [-0.1, -0.05) is 24.3 Å². The molecule has 0 radical (unpaired) electrons. The number of anilines is 1. The quantitative estimate of drug-likeness (QED) is 0.304. The predicted octanol–water partition coefficient (Wildman–Crippen LogP) is 6.59. The van der Waals surface area contributed by atoms with Crippen LogP contribution in [-0.2, 0) is 0 Å². The average Bonchev–Trinajstić information content (AvgIpc) is 2.88. The van der Waals surface area contributed by atoms with Crippen molar-refractivity contribution in [3.8, 4) is 23.0 Å².